The van der Waals surface area contributed by atoms with E-state index in [9.17, 15) is 4.79 Å². The molecule has 0 fully saturated rings. The van der Waals surface area contributed by atoms with E-state index in [4.69, 9.17) is 9.84 Å². The van der Waals surface area contributed by atoms with E-state index in [1.165, 1.54) is 43.2 Å². The van der Waals surface area contributed by atoms with Crippen molar-refractivity contribution in [1.82, 2.24) is 0 Å². The predicted molar refractivity (Wildman–Crippen MR) is 95.5 cm³/mol. The first-order valence-electron chi connectivity index (χ1n) is 9.18. The zero-order valence-electron chi connectivity index (χ0n) is 15.0. The van der Waals surface area contributed by atoms with Crippen LogP contribution in [0.15, 0.2) is 12.1 Å². The number of hydrogen-bond donors (Lipinski definition) is 1. The molecule has 0 atom stereocenters. The van der Waals surface area contributed by atoms with Crippen molar-refractivity contribution in [1.29, 1.82) is 0 Å². The smallest absolute Gasteiger partial charge is 0.449 e. The van der Waals surface area contributed by atoms with Gasteiger partial charge in [-0.25, -0.2) is 4.79 Å². The molecule has 0 radical (unpaired) electrons. The molecule has 0 saturated carbocycles. The molecule has 23 heavy (non-hydrogen) atoms. The first kappa shape index (κ1) is 19.5. The molecule has 0 saturated heterocycles. The monoisotopic (exact) mass is 320 g/mol. The largest absolute Gasteiger partial charge is 0.511 e. The molecule has 0 heterocycles. The van der Waals surface area contributed by atoms with Crippen molar-refractivity contribution in [3.8, 4) is 5.75 Å². The molecule has 3 nitrogen and oxygen atoms in total. The van der Waals surface area contributed by atoms with Crippen LogP contribution in [0, 0.1) is 0 Å². The SMILES string of the molecule is CCCCCCCc1ccc(OC(=O)O)c(CCC)c1CCC. The Bertz CT molecular complexity index is 480. The molecular weight excluding hydrogens is 288 g/mol. The van der Waals surface area contributed by atoms with Crippen LogP contribution in [0.4, 0.5) is 4.79 Å². The van der Waals surface area contributed by atoms with Crippen LogP contribution >= 0.6 is 0 Å². The van der Waals surface area contributed by atoms with Gasteiger partial charge in [-0.1, -0.05) is 65.4 Å². The molecule has 0 bridgehead atoms. The number of aryl methyl sites for hydroxylation is 1. The zero-order chi connectivity index (χ0) is 17.1. The molecule has 0 spiro atoms. The first-order valence-corrected chi connectivity index (χ1v) is 9.18. The van der Waals surface area contributed by atoms with E-state index < -0.39 is 6.16 Å². The highest BCUT2D eigenvalue weighted by atomic mass is 16.7. The second kappa shape index (κ2) is 11.1. The van der Waals surface area contributed by atoms with Gasteiger partial charge in [-0.05, 0) is 48.4 Å². The van der Waals surface area contributed by atoms with E-state index in [1.54, 1.807) is 0 Å². The molecule has 1 rings (SSSR count). The fraction of sp³-hybridized carbons (Fsp3) is 0.650. The average Bonchev–Trinajstić information content (AvgIpc) is 2.51. The van der Waals surface area contributed by atoms with Gasteiger partial charge in [0.05, 0.1) is 0 Å². The van der Waals surface area contributed by atoms with Crippen molar-refractivity contribution in [2.45, 2.75) is 85.0 Å². The van der Waals surface area contributed by atoms with Crippen LogP contribution in [-0.2, 0) is 19.3 Å². The van der Waals surface area contributed by atoms with Gasteiger partial charge in [0, 0.05) is 0 Å². The summed E-state index contributed by atoms with van der Waals surface area (Å²) in [5.74, 6) is 0.525. The Labute approximate surface area is 141 Å². The number of hydrogen-bond acceptors (Lipinski definition) is 2. The summed E-state index contributed by atoms with van der Waals surface area (Å²) >= 11 is 0. The van der Waals surface area contributed by atoms with E-state index in [0.717, 1.165) is 37.7 Å². The lowest BCUT2D eigenvalue weighted by molar-refractivity contribution is 0.144. The molecule has 0 aliphatic rings. The highest BCUT2D eigenvalue weighted by molar-refractivity contribution is 5.63. The Morgan fingerprint density at radius 1 is 0.870 bits per heavy atom. The van der Waals surface area contributed by atoms with Gasteiger partial charge in [0.15, 0.2) is 0 Å². The van der Waals surface area contributed by atoms with E-state index in [2.05, 4.69) is 26.8 Å². The Balaban J connectivity index is 2.95. The van der Waals surface area contributed by atoms with E-state index in [1.807, 2.05) is 6.07 Å². The molecule has 0 unspecified atom stereocenters. The van der Waals surface area contributed by atoms with E-state index in [-0.39, 0.29) is 0 Å². The number of unbranched alkanes of at least 4 members (excludes halogenated alkanes) is 4. The molecule has 3 heteroatoms. The fourth-order valence-electron chi connectivity index (χ4n) is 3.15. The Kier molecular flexibility index (Phi) is 9.42. The summed E-state index contributed by atoms with van der Waals surface area (Å²) in [6, 6.07) is 3.92. The zero-order valence-corrected chi connectivity index (χ0v) is 15.0. The summed E-state index contributed by atoms with van der Waals surface area (Å²) in [7, 11) is 0. The number of ether oxygens (including phenoxy) is 1. The summed E-state index contributed by atoms with van der Waals surface area (Å²) in [5.41, 5.74) is 3.80. The van der Waals surface area contributed by atoms with Gasteiger partial charge in [-0.3, -0.25) is 0 Å². The van der Waals surface area contributed by atoms with Crippen LogP contribution in [0.1, 0.15) is 82.4 Å². The highest BCUT2D eigenvalue weighted by Crippen LogP contribution is 2.30. The van der Waals surface area contributed by atoms with Crippen LogP contribution < -0.4 is 4.74 Å². The second-order valence-corrected chi connectivity index (χ2v) is 6.21. The molecule has 0 aliphatic heterocycles. The maximum Gasteiger partial charge on any atom is 0.511 e. The van der Waals surface area contributed by atoms with Crippen LogP contribution in [0.25, 0.3) is 0 Å². The van der Waals surface area contributed by atoms with Gasteiger partial charge >= 0.3 is 6.16 Å². The maximum atomic E-state index is 10.9. The minimum atomic E-state index is -1.22. The van der Waals surface area contributed by atoms with Crippen LogP contribution in [0.2, 0.25) is 0 Å². The molecule has 130 valence electrons. The quantitative estimate of drug-likeness (QED) is 0.301. The third-order valence-corrected chi connectivity index (χ3v) is 4.23. The van der Waals surface area contributed by atoms with Gasteiger partial charge in [-0.15, -0.1) is 0 Å². The number of rotatable bonds is 11. The number of carboxylic acid groups (broad SMARTS) is 1. The van der Waals surface area contributed by atoms with Gasteiger partial charge in [-0.2, -0.15) is 0 Å². The highest BCUT2D eigenvalue weighted by Gasteiger charge is 2.15. The fourth-order valence-corrected chi connectivity index (χ4v) is 3.15. The molecule has 1 aromatic rings. The number of benzene rings is 1. The summed E-state index contributed by atoms with van der Waals surface area (Å²) in [6.45, 7) is 6.53. The summed E-state index contributed by atoms with van der Waals surface area (Å²) in [5, 5.41) is 8.95. The average molecular weight is 320 g/mol. The van der Waals surface area contributed by atoms with Gasteiger partial charge in [0.1, 0.15) is 5.75 Å². The molecule has 0 amide bonds. The number of carbonyl (C=O) groups is 1. The lowest BCUT2D eigenvalue weighted by atomic mass is 9.91. The normalized spacial score (nSPS) is 10.7. The van der Waals surface area contributed by atoms with Crippen LogP contribution in [-0.4, -0.2) is 11.3 Å². The standard InChI is InChI=1S/C20H32O3/c1-4-7-8-9-10-13-16-14-15-19(23-20(21)22)18(12-6-3)17(16)11-5-2/h14-15H,4-13H2,1-3H3,(H,21,22). The first-order chi connectivity index (χ1) is 11.1. The Morgan fingerprint density at radius 2 is 1.52 bits per heavy atom. The Hall–Kier alpha value is -1.51. The van der Waals surface area contributed by atoms with Gasteiger partial charge < -0.3 is 9.84 Å². The minimum absolute atomic E-state index is 0.525. The summed E-state index contributed by atoms with van der Waals surface area (Å²) < 4.78 is 5.01. The minimum Gasteiger partial charge on any atom is -0.449 e. The van der Waals surface area contributed by atoms with Crippen molar-refractivity contribution >= 4 is 6.16 Å². The van der Waals surface area contributed by atoms with Crippen LogP contribution in [0.5, 0.6) is 5.75 Å². The van der Waals surface area contributed by atoms with Crippen LogP contribution in [0.3, 0.4) is 0 Å². The van der Waals surface area contributed by atoms with Crippen molar-refractivity contribution in [3.05, 3.63) is 28.8 Å². The molecule has 1 aromatic carbocycles. The van der Waals surface area contributed by atoms with Gasteiger partial charge in [0.25, 0.3) is 0 Å². The predicted octanol–water partition coefficient (Wildman–Crippen LogP) is 6.16. The topological polar surface area (TPSA) is 46.5 Å². The lowest BCUT2D eigenvalue weighted by Gasteiger charge is -2.17. The second-order valence-electron chi connectivity index (χ2n) is 6.21. The van der Waals surface area contributed by atoms with Crippen molar-refractivity contribution in [2.75, 3.05) is 0 Å². The maximum absolute atomic E-state index is 10.9. The van der Waals surface area contributed by atoms with E-state index >= 15 is 0 Å². The van der Waals surface area contributed by atoms with Crippen molar-refractivity contribution in [2.24, 2.45) is 0 Å². The van der Waals surface area contributed by atoms with Gasteiger partial charge in [0.2, 0.25) is 0 Å². The molecular formula is C20H32O3. The molecule has 1 N–H and O–H groups in total. The van der Waals surface area contributed by atoms with Crippen molar-refractivity contribution in [3.63, 3.8) is 0 Å². The molecule has 0 aromatic heterocycles. The van der Waals surface area contributed by atoms with Crippen molar-refractivity contribution < 1.29 is 14.6 Å². The lowest BCUT2D eigenvalue weighted by Crippen LogP contribution is -2.09. The van der Waals surface area contributed by atoms with E-state index in [0.29, 0.717) is 5.75 Å². The Morgan fingerprint density at radius 3 is 2.13 bits per heavy atom. The summed E-state index contributed by atoms with van der Waals surface area (Å²) in [4.78, 5) is 10.9. The molecule has 0 aliphatic carbocycles. The third kappa shape index (κ3) is 6.64. The summed E-state index contributed by atoms with van der Waals surface area (Å²) in [6.07, 6.45) is 10.2. The third-order valence-electron chi connectivity index (χ3n) is 4.23.